The van der Waals surface area contributed by atoms with Gasteiger partial charge in [-0.15, -0.1) is 13.2 Å². The Balaban J connectivity index is 1.79. The quantitative estimate of drug-likeness (QED) is 0.355. The van der Waals surface area contributed by atoms with E-state index in [9.17, 15) is 23.1 Å². The minimum atomic E-state index is -4.75. The lowest BCUT2D eigenvalue weighted by Gasteiger charge is -2.39. The zero-order valence-corrected chi connectivity index (χ0v) is 20.9. The Morgan fingerprint density at radius 1 is 1.22 bits per heavy atom. The van der Waals surface area contributed by atoms with Gasteiger partial charge in [-0.05, 0) is 85.0 Å². The first-order valence-corrected chi connectivity index (χ1v) is 12.3. The fourth-order valence-electron chi connectivity index (χ4n) is 5.38. The van der Waals surface area contributed by atoms with Gasteiger partial charge in [0, 0.05) is 11.7 Å². The average molecular weight is 504 g/mol. The van der Waals surface area contributed by atoms with Crippen molar-refractivity contribution in [2.24, 2.45) is 17.8 Å². The fraction of sp³-hybridized carbons (Fsp3) is 0.481. The summed E-state index contributed by atoms with van der Waals surface area (Å²) in [7, 11) is 0. The average Bonchev–Trinajstić information content (AvgIpc) is 3.10. The Labute approximate surface area is 208 Å². The van der Waals surface area contributed by atoms with Crippen LogP contribution >= 0.6 is 0 Å². The molecule has 2 aromatic carbocycles. The summed E-state index contributed by atoms with van der Waals surface area (Å²) in [5.74, 6) is 0.820. The van der Waals surface area contributed by atoms with Crippen LogP contribution in [0.3, 0.4) is 0 Å². The zero-order chi connectivity index (χ0) is 26.2. The summed E-state index contributed by atoms with van der Waals surface area (Å²) in [6, 6.07) is 9.58. The van der Waals surface area contributed by atoms with Gasteiger partial charge in [-0.25, -0.2) is 4.98 Å². The SMILES string of the molecule is Cc1cc2c(cc1CC(=O)O)nc(Nc1ccc(OC(F)(F)F)cc1)n2[C@@H]1C[C@H](C)CC[C@H]1C(C)C. The number of carbonyl (C=O) groups is 1. The molecule has 0 radical (unpaired) electrons. The Bertz CT molecular complexity index is 1240. The number of imidazole rings is 1. The Hall–Kier alpha value is -3.23. The van der Waals surface area contributed by atoms with Crippen LogP contribution in [0.15, 0.2) is 36.4 Å². The van der Waals surface area contributed by atoms with Crippen molar-refractivity contribution >= 4 is 28.6 Å². The highest BCUT2D eigenvalue weighted by Crippen LogP contribution is 2.44. The van der Waals surface area contributed by atoms with Crippen LogP contribution in [-0.4, -0.2) is 27.0 Å². The first-order chi connectivity index (χ1) is 16.9. The predicted octanol–water partition coefficient (Wildman–Crippen LogP) is 7.25. The van der Waals surface area contributed by atoms with Gasteiger partial charge < -0.3 is 19.7 Å². The Kier molecular flexibility index (Phi) is 7.20. The van der Waals surface area contributed by atoms with E-state index in [-0.39, 0.29) is 18.2 Å². The minimum absolute atomic E-state index is 0.0901. The van der Waals surface area contributed by atoms with E-state index in [1.807, 2.05) is 19.1 Å². The number of nitrogens with one attached hydrogen (secondary N) is 1. The third kappa shape index (κ3) is 5.77. The number of aryl methyl sites for hydroxylation is 1. The molecule has 3 aromatic rings. The van der Waals surface area contributed by atoms with Gasteiger partial charge in [0.15, 0.2) is 0 Å². The van der Waals surface area contributed by atoms with E-state index in [2.05, 4.69) is 35.4 Å². The highest BCUT2D eigenvalue weighted by Gasteiger charge is 2.35. The maximum absolute atomic E-state index is 12.6. The molecule has 3 atom stereocenters. The van der Waals surface area contributed by atoms with Crippen LogP contribution in [0, 0.1) is 24.7 Å². The van der Waals surface area contributed by atoms with Crippen LogP contribution in [0.4, 0.5) is 24.8 Å². The molecule has 9 heteroatoms. The van der Waals surface area contributed by atoms with Crippen molar-refractivity contribution in [1.29, 1.82) is 0 Å². The molecule has 4 rings (SSSR count). The van der Waals surface area contributed by atoms with Crippen molar-refractivity contribution in [1.82, 2.24) is 9.55 Å². The molecule has 0 spiro atoms. The van der Waals surface area contributed by atoms with Crippen molar-refractivity contribution in [3.63, 3.8) is 0 Å². The molecule has 1 saturated carbocycles. The second kappa shape index (κ2) is 10.0. The van der Waals surface area contributed by atoms with Crippen molar-refractivity contribution in [2.75, 3.05) is 5.32 Å². The van der Waals surface area contributed by atoms with Gasteiger partial charge in [-0.1, -0.05) is 27.2 Å². The number of fused-ring (bicyclic) bond motifs is 1. The lowest BCUT2D eigenvalue weighted by molar-refractivity contribution is -0.274. The molecule has 194 valence electrons. The summed E-state index contributed by atoms with van der Waals surface area (Å²) in [5.41, 5.74) is 3.78. The second-order valence-electron chi connectivity index (χ2n) is 10.2. The van der Waals surface area contributed by atoms with Crippen LogP contribution in [0.5, 0.6) is 5.75 Å². The number of nitrogens with zero attached hydrogens (tertiary/aromatic N) is 2. The smallest absolute Gasteiger partial charge is 0.481 e. The number of anilines is 2. The third-order valence-electron chi connectivity index (χ3n) is 7.15. The highest BCUT2D eigenvalue weighted by molar-refractivity contribution is 5.83. The summed E-state index contributed by atoms with van der Waals surface area (Å²) in [4.78, 5) is 16.2. The molecule has 6 nitrogen and oxygen atoms in total. The number of ether oxygens (including phenoxy) is 1. The number of carboxylic acid groups (broad SMARTS) is 1. The summed E-state index contributed by atoms with van der Waals surface area (Å²) >= 11 is 0. The Morgan fingerprint density at radius 2 is 1.92 bits per heavy atom. The van der Waals surface area contributed by atoms with E-state index < -0.39 is 12.3 Å². The van der Waals surface area contributed by atoms with E-state index in [0.717, 1.165) is 30.3 Å². The van der Waals surface area contributed by atoms with Gasteiger partial charge in [0.05, 0.1) is 17.5 Å². The molecule has 0 aliphatic heterocycles. The zero-order valence-electron chi connectivity index (χ0n) is 20.9. The normalized spacial score (nSPS) is 20.6. The summed E-state index contributed by atoms with van der Waals surface area (Å²) in [6.07, 6.45) is -1.60. The Morgan fingerprint density at radius 3 is 2.53 bits per heavy atom. The van der Waals surface area contributed by atoms with Gasteiger partial charge in [0.2, 0.25) is 5.95 Å². The topological polar surface area (TPSA) is 76.4 Å². The number of hydrogen-bond donors (Lipinski definition) is 2. The first kappa shape index (κ1) is 25.9. The van der Waals surface area contributed by atoms with E-state index in [1.54, 1.807) is 0 Å². The number of alkyl halides is 3. The fourth-order valence-corrected chi connectivity index (χ4v) is 5.38. The van der Waals surface area contributed by atoms with Crippen LogP contribution in [-0.2, 0) is 11.2 Å². The van der Waals surface area contributed by atoms with E-state index >= 15 is 0 Å². The molecule has 1 aromatic heterocycles. The van der Waals surface area contributed by atoms with Gasteiger partial charge in [-0.2, -0.15) is 0 Å². The van der Waals surface area contributed by atoms with Gasteiger partial charge in [0.1, 0.15) is 5.75 Å². The molecule has 1 aliphatic carbocycles. The molecule has 2 N–H and O–H groups in total. The molecule has 0 saturated heterocycles. The maximum Gasteiger partial charge on any atom is 0.573 e. The van der Waals surface area contributed by atoms with Crippen LogP contribution < -0.4 is 10.1 Å². The van der Waals surface area contributed by atoms with Crippen LogP contribution in [0.25, 0.3) is 11.0 Å². The van der Waals surface area contributed by atoms with E-state index in [0.29, 0.717) is 40.5 Å². The third-order valence-corrected chi connectivity index (χ3v) is 7.15. The summed E-state index contributed by atoms with van der Waals surface area (Å²) < 4.78 is 43.9. The van der Waals surface area contributed by atoms with E-state index in [1.165, 1.54) is 24.3 Å². The second-order valence-corrected chi connectivity index (χ2v) is 10.2. The van der Waals surface area contributed by atoms with Crippen LogP contribution in [0.2, 0.25) is 0 Å². The molecule has 0 bridgehead atoms. The number of rotatable bonds is 7. The lowest BCUT2D eigenvalue weighted by atomic mass is 9.74. The molecular weight excluding hydrogens is 471 g/mol. The van der Waals surface area contributed by atoms with Crippen molar-refractivity contribution < 1.29 is 27.8 Å². The van der Waals surface area contributed by atoms with Crippen LogP contribution in [0.1, 0.15) is 57.2 Å². The molecule has 0 unspecified atom stereocenters. The van der Waals surface area contributed by atoms with Gasteiger partial charge in [0.25, 0.3) is 0 Å². The number of hydrogen-bond acceptors (Lipinski definition) is 4. The molecule has 0 amide bonds. The standard InChI is InChI=1S/C27H32F3N3O3/c1-15(2)21-10-5-16(3)11-23(21)33-24-12-17(4)18(14-25(34)35)13-22(24)32-26(33)31-19-6-8-20(9-7-19)36-27(28,29)30/h6-9,12-13,15-16,21,23H,5,10-11,14H2,1-4H3,(H,31,32)(H,34,35)/t16-,21+,23-/m1/s1. The van der Waals surface area contributed by atoms with E-state index in [4.69, 9.17) is 4.98 Å². The minimum Gasteiger partial charge on any atom is -0.481 e. The lowest BCUT2D eigenvalue weighted by Crippen LogP contribution is -2.30. The first-order valence-electron chi connectivity index (χ1n) is 12.3. The van der Waals surface area contributed by atoms with Crippen molar-refractivity contribution in [3.05, 3.63) is 47.5 Å². The maximum atomic E-state index is 12.6. The number of aliphatic carboxylic acids is 1. The summed E-state index contributed by atoms with van der Waals surface area (Å²) in [6.45, 7) is 8.63. The largest absolute Gasteiger partial charge is 0.573 e. The highest BCUT2D eigenvalue weighted by atomic mass is 19.4. The molecule has 1 heterocycles. The van der Waals surface area contributed by atoms with Gasteiger partial charge >= 0.3 is 12.3 Å². The monoisotopic (exact) mass is 503 g/mol. The number of carboxylic acids is 1. The molecule has 1 fully saturated rings. The van der Waals surface area contributed by atoms with Crippen molar-refractivity contribution in [3.8, 4) is 5.75 Å². The predicted molar refractivity (Wildman–Crippen MR) is 133 cm³/mol. The number of benzene rings is 2. The molecule has 1 aliphatic rings. The van der Waals surface area contributed by atoms with Gasteiger partial charge in [-0.3, -0.25) is 4.79 Å². The summed E-state index contributed by atoms with van der Waals surface area (Å²) in [5, 5.41) is 12.6. The number of aromatic nitrogens is 2. The molecular formula is C27H32F3N3O3. The molecule has 36 heavy (non-hydrogen) atoms. The van der Waals surface area contributed by atoms with Crippen molar-refractivity contribution in [2.45, 2.75) is 65.8 Å². The number of halogens is 3.